The van der Waals surface area contributed by atoms with Crippen LogP contribution in [0, 0.1) is 10.1 Å². The van der Waals surface area contributed by atoms with Crippen molar-refractivity contribution in [2.24, 2.45) is 0 Å². The van der Waals surface area contributed by atoms with Gasteiger partial charge in [0.25, 0.3) is 5.69 Å². The Morgan fingerprint density at radius 1 is 1.38 bits per heavy atom. The molecule has 1 fully saturated rings. The second-order valence-electron chi connectivity index (χ2n) is 3.31. The SMILES string of the molecule is O=C1OCCC1Oc1ccc([N+](=O)[O-])cc1. The molecule has 0 aliphatic carbocycles. The van der Waals surface area contributed by atoms with Gasteiger partial charge < -0.3 is 9.47 Å². The van der Waals surface area contributed by atoms with Crippen LogP contribution in [0.25, 0.3) is 0 Å². The first-order valence-corrected chi connectivity index (χ1v) is 4.74. The fourth-order valence-electron chi connectivity index (χ4n) is 1.40. The van der Waals surface area contributed by atoms with Crippen LogP contribution in [0.15, 0.2) is 24.3 Å². The lowest BCUT2D eigenvalue weighted by Crippen LogP contribution is -2.21. The summed E-state index contributed by atoms with van der Waals surface area (Å²) in [6, 6.07) is 5.58. The normalized spacial score (nSPS) is 19.2. The van der Waals surface area contributed by atoms with Crippen molar-refractivity contribution < 1.29 is 19.2 Å². The lowest BCUT2D eigenvalue weighted by Gasteiger charge is -2.08. The molecule has 0 spiro atoms. The summed E-state index contributed by atoms with van der Waals surface area (Å²) in [6.45, 7) is 0.358. The number of hydrogen-bond acceptors (Lipinski definition) is 5. The van der Waals surface area contributed by atoms with Gasteiger partial charge in [0.05, 0.1) is 11.5 Å². The Kier molecular flexibility index (Phi) is 2.72. The van der Waals surface area contributed by atoms with E-state index < -0.39 is 17.0 Å². The van der Waals surface area contributed by atoms with Crippen molar-refractivity contribution in [2.75, 3.05) is 6.61 Å². The van der Waals surface area contributed by atoms with Crippen molar-refractivity contribution in [3.63, 3.8) is 0 Å². The number of nitrogens with zero attached hydrogens (tertiary/aromatic N) is 1. The molecule has 1 aliphatic heterocycles. The Hall–Kier alpha value is -2.11. The van der Waals surface area contributed by atoms with Gasteiger partial charge in [-0.15, -0.1) is 0 Å². The third-order valence-corrected chi connectivity index (χ3v) is 2.21. The number of cyclic esters (lactones) is 1. The third-order valence-electron chi connectivity index (χ3n) is 2.21. The smallest absolute Gasteiger partial charge is 0.347 e. The number of esters is 1. The number of rotatable bonds is 3. The van der Waals surface area contributed by atoms with E-state index >= 15 is 0 Å². The standard InChI is InChI=1S/C10H9NO5/c12-10-9(5-6-15-10)16-8-3-1-7(2-4-8)11(13)14/h1-4,9H,5-6H2. The quantitative estimate of drug-likeness (QED) is 0.438. The molecule has 1 saturated heterocycles. The fourth-order valence-corrected chi connectivity index (χ4v) is 1.40. The van der Waals surface area contributed by atoms with E-state index in [0.717, 1.165) is 0 Å². The highest BCUT2D eigenvalue weighted by molar-refractivity contribution is 5.76. The lowest BCUT2D eigenvalue weighted by atomic mass is 10.3. The number of carbonyl (C=O) groups is 1. The topological polar surface area (TPSA) is 78.7 Å². The van der Waals surface area contributed by atoms with Crippen LogP contribution in [-0.2, 0) is 9.53 Å². The van der Waals surface area contributed by atoms with E-state index in [9.17, 15) is 14.9 Å². The Bertz CT molecular complexity index is 414. The minimum Gasteiger partial charge on any atom is -0.479 e. The van der Waals surface area contributed by atoms with Crippen LogP contribution in [0.5, 0.6) is 5.75 Å². The van der Waals surface area contributed by atoms with Gasteiger partial charge >= 0.3 is 5.97 Å². The second-order valence-corrected chi connectivity index (χ2v) is 3.31. The van der Waals surface area contributed by atoms with Crippen molar-refractivity contribution in [3.05, 3.63) is 34.4 Å². The number of nitro benzene ring substituents is 1. The molecule has 84 valence electrons. The highest BCUT2D eigenvalue weighted by Crippen LogP contribution is 2.20. The van der Waals surface area contributed by atoms with Crippen LogP contribution in [0.1, 0.15) is 6.42 Å². The Balaban J connectivity index is 2.05. The lowest BCUT2D eigenvalue weighted by molar-refractivity contribution is -0.384. The van der Waals surface area contributed by atoms with Crippen LogP contribution >= 0.6 is 0 Å². The highest BCUT2D eigenvalue weighted by Gasteiger charge is 2.28. The average Bonchev–Trinajstić information content (AvgIpc) is 2.65. The van der Waals surface area contributed by atoms with Crippen molar-refractivity contribution in [1.29, 1.82) is 0 Å². The van der Waals surface area contributed by atoms with E-state index in [0.29, 0.717) is 18.8 Å². The van der Waals surface area contributed by atoms with E-state index in [-0.39, 0.29) is 5.69 Å². The van der Waals surface area contributed by atoms with E-state index in [1.54, 1.807) is 0 Å². The summed E-state index contributed by atoms with van der Waals surface area (Å²) >= 11 is 0. The van der Waals surface area contributed by atoms with Gasteiger partial charge in [0.1, 0.15) is 5.75 Å². The maximum atomic E-state index is 11.1. The monoisotopic (exact) mass is 223 g/mol. The molecule has 1 aliphatic rings. The van der Waals surface area contributed by atoms with Crippen LogP contribution in [0.2, 0.25) is 0 Å². The molecule has 1 heterocycles. The Morgan fingerprint density at radius 3 is 2.56 bits per heavy atom. The number of ether oxygens (including phenoxy) is 2. The molecular formula is C10H9NO5. The fraction of sp³-hybridized carbons (Fsp3) is 0.300. The van der Waals surface area contributed by atoms with Crippen molar-refractivity contribution in [3.8, 4) is 5.75 Å². The first-order valence-electron chi connectivity index (χ1n) is 4.74. The van der Waals surface area contributed by atoms with Gasteiger partial charge in [0.2, 0.25) is 0 Å². The van der Waals surface area contributed by atoms with Gasteiger partial charge in [-0.1, -0.05) is 0 Å². The molecule has 6 nitrogen and oxygen atoms in total. The average molecular weight is 223 g/mol. The van der Waals surface area contributed by atoms with Crippen molar-refractivity contribution in [1.82, 2.24) is 0 Å². The molecule has 0 bridgehead atoms. The first kappa shape index (κ1) is 10.4. The molecule has 0 N–H and O–H groups in total. The molecule has 1 aromatic rings. The number of carbonyl (C=O) groups excluding carboxylic acids is 1. The zero-order valence-electron chi connectivity index (χ0n) is 8.29. The second kappa shape index (κ2) is 4.18. The van der Waals surface area contributed by atoms with Crippen LogP contribution in [0.3, 0.4) is 0 Å². The van der Waals surface area contributed by atoms with Gasteiger partial charge in [0.15, 0.2) is 6.10 Å². The van der Waals surface area contributed by atoms with Gasteiger partial charge in [-0.3, -0.25) is 10.1 Å². The third kappa shape index (κ3) is 2.10. The number of non-ortho nitro benzene ring substituents is 1. The zero-order valence-corrected chi connectivity index (χ0v) is 8.29. The summed E-state index contributed by atoms with van der Waals surface area (Å²) in [5.41, 5.74) is -0.0126. The predicted octanol–water partition coefficient (Wildman–Crippen LogP) is 1.29. The number of benzene rings is 1. The summed E-state index contributed by atoms with van der Waals surface area (Å²) in [4.78, 5) is 21.0. The van der Waals surface area contributed by atoms with E-state index in [4.69, 9.17) is 9.47 Å². The molecular weight excluding hydrogens is 214 g/mol. The maximum absolute atomic E-state index is 11.1. The minimum absolute atomic E-state index is 0.0126. The summed E-state index contributed by atoms with van der Waals surface area (Å²) in [7, 11) is 0. The molecule has 1 unspecified atom stereocenters. The molecule has 2 rings (SSSR count). The molecule has 0 aromatic heterocycles. The Labute approximate surface area is 90.9 Å². The molecule has 1 aromatic carbocycles. The van der Waals surface area contributed by atoms with Crippen LogP contribution in [0.4, 0.5) is 5.69 Å². The summed E-state index contributed by atoms with van der Waals surface area (Å²) in [6.07, 6.45) is -0.0861. The number of nitro groups is 1. The summed E-state index contributed by atoms with van der Waals surface area (Å²) in [5.74, 6) is 0.0350. The van der Waals surface area contributed by atoms with Gasteiger partial charge in [-0.05, 0) is 12.1 Å². The maximum Gasteiger partial charge on any atom is 0.347 e. The largest absolute Gasteiger partial charge is 0.479 e. The Morgan fingerprint density at radius 2 is 2.06 bits per heavy atom. The molecule has 16 heavy (non-hydrogen) atoms. The molecule has 0 saturated carbocycles. The van der Waals surface area contributed by atoms with E-state index in [1.807, 2.05) is 0 Å². The summed E-state index contributed by atoms with van der Waals surface area (Å²) < 4.78 is 10.1. The van der Waals surface area contributed by atoms with E-state index in [1.165, 1.54) is 24.3 Å². The minimum atomic E-state index is -0.596. The van der Waals surface area contributed by atoms with Gasteiger partial charge in [-0.2, -0.15) is 0 Å². The van der Waals surface area contributed by atoms with Gasteiger partial charge in [0, 0.05) is 18.6 Å². The predicted molar refractivity (Wildman–Crippen MR) is 53.1 cm³/mol. The van der Waals surface area contributed by atoms with Crippen LogP contribution < -0.4 is 4.74 Å². The van der Waals surface area contributed by atoms with E-state index in [2.05, 4.69) is 0 Å². The van der Waals surface area contributed by atoms with Crippen molar-refractivity contribution >= 4 is 11.7 Å². The molecule has 0 radical (unpaired) electrons. The van der Waals surface area contributed by atoms with Crippen LogP contribution in [-0.4, -0.2) is 23.6 Å². The zero-order chi connectivity index (χ0) is 11.5. The molecule has 0 amide bonds. The first-order chi connectivity index (χ1) is 7.66. The highest BCUT2D eigenvalue weighted by atomic mass is 16.6. The molecule has 6 heteroatoms. The number of hydrogen-bond donors (Lipinski definition) is 0. The van der Waals surface area contributed by atoms with Crippen molar-refractivity contribution in [2.45, 2.75) is 12.5 Å². The summed E-state index contributed by atoms with van der Waals surface area (Å²) in [5, 5.41) is 10.4. The van der Waals surface area contributed by atoms with Gasteiger partial charge in [-0.25, -0.2) is 4.79 Å². The molecule has 1 atom stereocenters.